The van der Waals surface area contributed by atoms with E-state index in [0.29, 0.717) is 0 Å². The highest BCUT2D eigenvalue weighted by molar-refractivity contribution is 7.09. The fourth-order valence-corrected chi connectivity index (χ4v) is 2.16. The van der Waals surface area contributed by atoms with Crippen molar-refractivity contribution >= 4 is 11.3 Å². The predicted molar refractivity (Wildman–Crippen MR) is 68.4 cm³/mol. The number of nitrogens with zero attached hydrogens (tertiary/aromatic N) is 1. The largest absolute Gasteiger partial charge is 0.491 e. The molecule has 0 aliphatic rings. The summed E-state index contributed by atoms with van der Waals surface area (Å²) in [7, 11) is 0. The second-order valence-electron chi connectivity index (χ2n) is 4.04. The van der Waals surface area contributed by atoms with Crippen LogP contribution in [0, 0.1) is 0 Å². The van der Waals surface area contributed by atoms with Crippen LogP contribution in [-0.2, 0) is 0 Å². The van der Waals surface area contributed by atoms with Gasteiger partial charge in [-0.1, -0.05) is 12.1 Å². The molecule has 2 aromatic rings. The summed E-state index contributed by atoms with van der Waals surface area (Å²) in [5, 5.41) is 10.1. The van der Waals surface area contributed by atoms with Crippen molar-refractivity contribution in [3.05, 3.63) is 46.4 Å². The highest BCUT2D eigenvalue weighted by Gasteiger charge is 2.11. The zero-order chi connectivity index (χ0) is 12.3. The zero-order valence-electron chi connectivity index (χ0n) is 9.83. The maximum Gasteiger partial charge on any atom is 0.119 e. The van der Waals surface area contributed by atoms with Gasteiger partial charge in [0.05, 0.1) is 16.5 Å². The fourth-order valence-electron chi connectivity index (χ4n) is 1.53. The lowest BCUT2D eigenvalue weighted by molar-refractivity contribution is 0.223. The van der Waals surface area contributed by atoms with Gasteiger partial charge >= 0.3 is 0 Å². The maximum atomic E-state index is 10.1. The third-order valence-corrected chi connectivity index (χ3v) is 3.12. The van der Waals surface area contributed by atoms with Gasteiger partial charge in [0.2, 0.25) is 0 Å². The highest BCUT2D eigenvalue weighted by atomic mass is 32.1. The van der Waals surface area contributed by atoms with Gasteiger partial charge < -0.3 is 9.84 Å². The van der Waals surface area contributed by atoms with E-state index in [0.717, 1.165) is 16.2 Å². The summed E-state index contributed by atoms with van der Waals surface area (Å²) in [5.74, 6) is 0.820. The van der Waals surface area contributed by atoms with Crippen molar-refractivity contribution in [1.82, 2.24) is 4.98 Å². The summed E-state index contributed by atoms with van der Waals surface area (Å²) in [4.78, 5) is 4.81. The predicted octanol–water partition coefficient (Wildman–Crippen LogP) is 3.01. The van der Waals surface area contributed by atoms with Crippen LogP contribution in [0.15, 0.2) is 36.0 Å². The maximum absolute atomic E-state index is 10.1. The summed E-state index contributed by atoms with van der Waals surface area (Å²) in [5.41, 5.74) is 2.57. The normalized spacial score (nSPS) is 12.7. The van der Waals surface area contributed by atoms with Crippen LogP contribution in [0.1, 0.15) is 30.4 Å². The molecular weight excluding hydrogens is 234 g/mol. The van der Waals surface area contributed by atoms with Crippen molar-refractivity contribution in [2.24, 2.45) is 0 Å². The number of hydrogen-bond donors (Lipinski definition) is 1. The molecule has 4 heteroatoms. The molecule has 1 N–H and O–H groups in total. The van der Waals surface area contributed by atoms with Gasteiger partial charge in [-0.2, -0.15) is 0 Å². The lowest BCUT2D eigenvalue weighted by Gasteiger charge is -2.12. The molecule has 3 nitrogen and oxygen atoms in total. The molecule has 0 saturated heterocycles. The molecule has 1 heterocycles. The molecule has 17 heavy (non-hydrogen) atoms. The van der Waals surface area contributed by atoms with E-state index in [-0.39, 0.29) is 6.10 Å². The van der Waals surface area contributed by atoms with E-state index >= 15 is 0 Å². The van der Waals surface area contributed by atoms with Crippen LogP contribution in [0.3, 0.4) is 0 Å². The van der Waals surface area contributed by atoms with E-state index in [1.54, 1.807) is 11.7 Å². The standard InChI is InChI=1S/C13H15NO2S/c1-9(2)16-11-5-3-10(4-6-11)13(15)12-7-14-8-17-12/h3-9,13,15H,1-2H3. The van der Waals surface area contributed by atoms with Crippen LogP contribution in [0.25, 0.3) is 0 Å². The smallest absolute Gasteiger partial charge is 0.119 e. The summed E-state index contributed by atoms with van der Waals surface area (Å²) in [6, 6.07) is 7.50. The number of rotatable bonds is 4. The Hall–Kier alpha value is -1.39. The van der Waals surface area contributed by atoms with E-state index in [1.165, 1.54) is 11.3 Å². The molecule has 0 spiro atoms. The third kappa shape index (κ3) is 3.05. The molecule has 1 aromatic carbocycles. The van der Waals surface area contributed by atoms with Gasteiger partial charge in [0, 0.05) is 6.20 Å². The summed E-state index contributed by atoms with van der Waals surface area (Å²) < 4.78 is 5.55. The molecule has 1 aromatic heterocycles. The molecule has 0 fully saturated rings. The Balaban J connectivity index is 2.12. The highest BCUT2D eigenvalue weighted by Crippen LogP contribution is 2.26. The SMILES string of the molecule is CC(C)Oc1ccc(C(O)c2cncs2)cc1. The van der Waals surface area contributed by atoms with Crippen LogP contribution >= 0.6 is 11.3 Å². The van der Waals surface area contributed by atoms with E-state index in [4.69, 9.17) is 4.74 Å². The van der Waals surface area contributed by atoms with Crippen molar-refractivity contribution in [3.63, 3.8) is 0 Å². The number of aliphatic hydroxyl groups is 1. The molecule has 90 valence electrons. The van der Waals surface area contributed by atoms with Crippen molar-refractivity contribution < 1.29 is 9.84 Å². The second-order valence-corrected chi connectivity index (χ2v) is 4.96. The van der Waals surface area contributed by atoms with Gasteiger partial charge in [0.1, 0.15) is 11.9 Å². The van der Waals surface area contributed by atoms with Gasteiger partial charge in [0.15, 0.2) is 0 Å². The minimum atomic E-state index is -0.601. The minimum Gasteiger partial charge on any atom is -0.491 e. The van der Waals surface area contributed by atoms with Crippen molar-refractivity contribution in [2.75, 3.05) is 0 Å². The van der Waals surface area contributed by atoms with Crippen molar-refractivity contribution in [2.45, 2.75) is 26.1 Å². The van der Waals surface area contributed by atoms with Crippen LogP contribution in [0.5, 0.6) is 5.75 Å². The number of ether oxygens (including phenoxy) is 1. The van der Waals surface area contributed by atoms with Gasteiger partial charge in [-0.3, -0.25) is 4.98 Å². The average Bonchev–Trinajstić information content (AvgIpc) is 2.82. The first-order valence-electron chi connectivity index (χ1n) is 5.50. The Kier molecular flexibility index (Phi) is 3.76. The Morgan fingerprint density at radius 1 is 1.24 bits per heavy atom. The van der Waals surface area contributed by atoms with Gasteiger partial charge in [-0.25, -0.2) is 0 Å². The molecule has 1 unspecified atom stereocenters. The van der Waals surface area contributed by atoms with E-state index in [9.17, 15) is 5.11 Å². The molecule has 0 saturated carbocycles. The minimum absolute atomic E-state index is 0.160. The molecule has 0 amide bonds. The quantitative estimate of drug-likeness (QED) is 0.905. The molecule has 0 bridgehead atoms. The Morgan fingerprint density at radius 3 is 2.47 bits per heavy atom. The van der Waals surface area contributed by atoms with Crippen LogP contribution in [0.4, 0.5) is 0 Å². The first-order valence-corrected chi connectivity index (χ1v) is 6.38. The third-order valence-electron chi connectivity index (χ3n) is 2.29. The average molecular weight is 249 g/mol. The number of aliphatic hydroxyl groups excluding tert-OH is 1. The Labute approximate surface area is 105 Å². The van der Waals surface area contributed by atoms with Gasteiger partial charge in [-0.05, 0) is 31.5 Å². The molecule has 0 radical (unpaired) electrons. The molecule has 0 aliphatic carbocycles. The Bertz CT molecular complexity index is 451. The fraction of sp³-hybridized carbons (Fsp3) is 0.308. The molecule has 0 aliphatic heterocycles. The van der Waals surface area contributed by atoms with Crippen LogP contribution < -0.4 is 4.74 Å². The second kappa shape index (κ2) is 5.29. The molecule has 1 atom stereocenters. The lowest BCUT2D eigenvalue weighted by atomic mass is 10.1. The number of thiazole rings is 1. The summed E-state index contributed by atoms with van der Waals surface area (Å²) in [6.45, 7) is 3.97. The number of aromatic nitrogens is 1. The van der Waals surface area contributed by atoms with E-state index in [1.807, 2.05) is 38.1 Å². The first kappa shape index (κ1) is 12.1. The zero-order valence-corrected chi connectivity index (χ0v) is 10.6. The monoisotopic (exact) mass is 249 g/mol. The molecule has 2 rings (SSSR count). The number of benzene rings is 1. The molecular formula is C13H15NO2S. The first-order chi connectivity index (χ1) is 8.16. The van der Waals surface area contributed by atoms with Crippen LogP contribution in [-0.4, -0.2) is 16.2 Å². The lowest BCUT2D eigenvalue weighted by Crippen LogP contribution is -2.05. The van der Waals surface area contributed by atoms with E-state index in [2.05, 4.69) is 4.98 Å². The summed E-state index contributed by atoms with van der Waals surface area (Å²) in [6.07, 6.45) is 1.25. The summed E-state index contributed by atoms with van der Waals surface area (Å²) >= 11 is 1.45. The number of hydrogen-bond acceptors (Lipinski definition) is 4. The van der Waals surface area contributed by atoms with E-state index < -0.39 is 6.10 Å². The van der Waals surface area contributed by atoms with Gasteiger partial charge in [0.25, 0.3) is 0 Å². The van der Waals surface area contributed by atoms with Crippen molar-refractivity contribution in [3.8, 4) is 5.75 Å². The van der Waals surface area contributed by atoms with Crippen molar-refractivity contribution in [1.29, 1.82) is 0 Å². The van der Waals surface area contributed by atoms with Crippen LogP contribution in [0.2, 0.25) is 0 Å². The topological polar surface area (TPSA) is 42.4 Å². The Morgan fingerprint density at radius 2 is 1.94 bits per heavy atom. The van der Waals surface area contributed by atoms with Gasteiger partial charge in [-0.15, -0.1) is 11.3 Å².